The first-order valence-corrected chi connectivity index (χ1v) is 11.8. The highest BCUT2D eigenvalue weighted by atomic mass is 16.6. The van der Waals surface area contributed by atoms with E-state index in [1.165, 1.54) is 5.57 Å². The maximum Gasteiger partial charge on any atom is 0.407 e. The van der Waals surface area contributed by atoms with Gasteiger partial charge < -0.3 is 29.2 Å². The predicted octanol–water partition coefficient (Wildman–Crippen LogP) is 2.88. The van der Waals surface area contributed by atoms with E-state index in [4.69, 9.17) is 18.9 Å². The molecule has 7 nitrogen and oxygen atoms in total. The number of carbonyl (C=O) groups excluding carboxylic acids is 1. The first-order valence-electron chi connectivity index (χ1n) is 11.8. The van der Waals surface area contributed by atoms with Crippen molar-refractivity contribution in [3.05, 3.63) is 11.6 Å². The second-order valence-electron chi connectivity index (χ2n) is 11.2. The van der Waals surface area contributed by atoms with Crippen LogP contribution in [-0.2, 0) is 18.9 Å². The van der Waals surface area contributed by atoms with Crippen LogP contribution in [0.2, 0.25) is 0 Å². The summed E-state index contributed by atoms with van der Waals surface area (Å²) >= 11 is 0. The molecule has 31 heavy (non-hydrogen) atoms. The molecule has 1 amide bonds. The number of alkyl carbamates (subject to hydrolysis) is 1. The highest BCUT2D eigenvalue weighted by Crippen LogP contribution is 2.59. The number of nitrogens with one attached hydrogen (secondary N) is 1. The molecule has 3 heterocycles. The van der Waals surface area contributed by atoms with Crippen LogP contribution in [0.5, 0.6) is 0 Å². The summed E-state index contributed by atoms with van der Waals surface area (Å²) in [5.74, 6) is 0.0598. The largest absolute Gasteiger partial charge is 0.443 e. The number of epoxide rings is 2. The van der Waals surface area contributed by atoms with Crippen molar-refractivity contribution < 1.29 is 23.7 Å². The van der Waals surface area contributed by atoms with E-state index < -0.39 is 0 Å². The average molecular weight is 435 g/mol. The van der Waals surface area contributed by atoms with Crippen LogP contribution in [0.25, 0.3) is 0 Å². The Balaban J connectivity index is 1.20. The Morgan fingerprint density at radius 1 is 1.29 bits per heavy atom. The molecule has 3 saturated heterocycles. The highest BCUT2D eigenvalue weighted by Gasteiger charge is 2.72. The zero-order chi connectivity index (χ0) is 22.0. The number of allylic oxidation sites excluding steroid dienone is 1. The zero-order valence-corrected chi connectivity index (χ0v) is 19.6. The molecule has 1 N–H and O–H groups in total. The molecular weight excluding hydrogens is 396 g/mol. The van der Waals surface area contributed by atoms with Crippen LogP contribution in [0, 0.1) is 11.3 Å². The molecule has 5 aliphatic rings. The number of ether oxygens (including phenoxy) is 4. The Hall–Kier alpha value is -1.15. The summed E-state index contributed by atoms with van der Waals surface area (Å²) in [7, 11) is 3.86. The van der Waals surface area contributed by atoms with E-state index in [2.05, 4.69) is 44.1 Å². The molecule has 2 spiro atoms. The summed E-state index contributed by atoms with van der Waals surface area (Å²) < 4.78 is 24.1. The molecular formula is C24H38N2O5. The lowest BCUT2D eigenvalue weighted by Crippen LogP contribution is -2.65. The van der Waals surface area contributed by atoms with E-state index in [1.54, 1.807) is 7.11 Å². The van der Waals surface area contributed by atoms with Crippen molar-refractivity contribution >= 4 is 6.09 Å². The van der Waals surface area contributed by atoms with Crippen molar-refractivity contribution in [2.75, 3.05) is 33.9 Å². The van der Waals surface area contributed by atoms with Gasteiger partial charge in [-0.05, 0) is 65.3 Å². The summed E-state index contributed by atoms with van der Waals surface area (Å²) in [4.78, 5) is 15.0. The van der Waals surface area contributed by atoms with Crippen molar-refractivity contribution in [1.29, 1.82) is 0 Å². The first kappa shape index (κ1) is 21.7. The monoisotopic (exact) mass is 434 g/mol. The van der Waals surface area contributed by atoms with Crippen molar-refractivity contribution in [2.24, 2.45) is 11.3 Å². The minimum atomic E-state index is -0.311. The maximum atomic E-state index is 12.7. The summed E-state index contributed by atoms with van der Waals surface area (Å²) in [5.41, 5.74) is 1.23. The molecule has 0 aromatic rings. The quantitative estimate of drug-likeness (QED) is 0.512. The summed E-state index contributed by atoms with van der Waals surface area (Å²) in [6.45, 7) is 9.42. The molecule has 0 radical (unpaired) electrons. The number of carbonyl (C=O) groups is 1. The van der Waals surface area contributed by atoms with E-state index in [0.717, 1.165) is 51.8 Å². The van der Waals surface area contributed by atoms with Crippen LogP contribution in [0.3, 0.4) is 0 Å². The van der Waals surface area contributed by atoms with Gasteiger partial charge >= 0.3 is 6.09 Å². The van der Waals surface area contributed by atoms with Gasteiger partial charge in [0.05, 0.1) is 18.6 Å². The van der Waals surface area contributed by atoms with E-state index >= 15 is 0 Å². The second kappa shape index (κ2) is 7.44. The van der Waals surface area contributed by atoms with Crippen molar-refractivity contribution in [1.82, 2.24) is 10.2 Å². The number of hydrogen-bond donors (Lipinski definition) is 1. The third-order valence-corrected chi connectivity index (χ3v) is 8.39. The van der Waals surface area contributed by atoms with Gasteiger partial charge in [-0.3, -0.25) is 0 Å². The maximum absolute atomic E-state index is 12.7. The standard InChI is InChI=1S/C24H38N2O5/c1-15(2)6-7-18-22(3,31-18)20-19(28-5)17(8-9-24(20)14-29-24)30-21(27)25-16-10-23(11-16)12-26(4)13-23/h6,16-20H,7-14H2,1-5H3,(H,25,27)/t17-,18-,19-,20?,22+,24+/m1/s1. The molecule has 0 aromatic carbocycles. The summed E-state index contributed by atoms with van der Waals surface area (Å²) in [5, 5.41) is 3.09. The molecule has 0 bridgehead atoms. The normalized spacial score (nSPS) is 43.1. The van der Waals surface area contributed by atoms with Crippen LogP contribution in [0.15, 0.2) is 11.6 Å². The van der Waals surface area contributed by atoms with Crippen molar-refractivity contribution in [2.45, 2.75) is 88.4 Å². The van der Waals surface area contributed by atoms with Gasteiger partial charge in [-0.1, -0.05) is 11.6 Å². The van der Waals surface area contributed by atoms with Gasteiger partial charge in [-0.15, -0.1) is 0 Å². The molecule has 6 atom stereocenters. The molecule has 7 heteroatoms. The molecule has 2 aliphatic carbocycles. The number of nitrogens with zero attached hydrogens (tertiary/aromatic N) is 1. The van der Waals surface area contributed by atoms with E-state index in [-0.39, 0.29) is 47.6 Å². The highest BCUT2D eigenvalue weighted by molar-refractivity contribution is 5.68. The van der Waals surface area contributed by atoms with Gasteiger partial charge in [-0.2, -0.15) is 0 Å². The Bertz CT molecular complexity index is 747. The molecule has 5 fully saturated rings. The molecule has 5 rings (SSSR count). The van der Waals surface area contributed by atoms with Gasteiger partial charge in [-0.25, -0.2) is 4.79 Å². The van der Waals surface area contributed by atoms with Gasteiger partial charge in [0, 0.05) is 26.2 Å². The number of likely N-dealkylation sites (tertiary alicyclic amines) is 1. The third-order valence-electron chi connectivity index (χ3n) is 8.39. The lowest BCUT2D eigenvalue weighted by Gasteiger charge is -2.58. The minimum absolute atomic E-state index is 0.0598. The van der Waals surface area contributed by atoms with Gasteiger partial charge in [0.15, 0.2) is 0 Å². The molecule has 2 saturated carbocycles. The van der Waals surface area contributed by atoms with Crippen molar-refractivity contribution in [3.8, 4) is 0 Å². The fourth-order valence-electron chi connectivity index (χ4n) is 6.85. The topological polar surface area (TPSA) is 75.9 Å². The van der Waals surface area contributed by atoms with E-state index in [9.17, 15) is 4.79 Å². The Labute approximate surface area is 185 Å². The average Bonchev–Trinajstić information content (AvgIpc) is 3.56. The van der Waals surface area contributed by atoms with Crippen LogP contribution >= 0.6 is 0 Å². The van der Waals surface area contributed by atoms with E-state index in [0.29, 0.717) is 5.41 Å². The van der Waals surface area contributed by atoms with E-state index in [1.807, 2.05) is 0 Å². The predicted molar refractivity (Wildman–Crippen MR) is 116 cm³/mol. The number of methoxy groups -OCH3 is 1. The molecule has 3 aliphatic heterocycles. The fraction of sp³-hybridized carbons (Fsp3) is 0.875. The smallest absolute Gasteiger partial charge is 0.407 e. The minimum Gasteiger partial charge on any atom is -0.443 e. The van der Waals surface area contributed by atoms with Gasteiger partial charge in [0.2, 0.25) is 0 Å². The lowest BCUT2D eigenvalue weighted by atomic mass is 9.61. The lowest BCUT2D eigenvalue weighted by molar-refractivity contribution is -0.120. The SMILES string of the molecule is CO[C@H]1C([C@@]2(C)O[C@@H]2CC=C(C)C)[C@]2(CC[C@H]1OC(=O)NC1CC3(C1)CN(C)C3)CO2. The van der Waals surface area contributed by atoms with Crippen molar-refractivity contribution in [3.63, 3.8) is 0 Å². The summed E-state index contributed by atoms with van der Waals surface area (Å²) in [6.07, 6.45) is 6.22. The number of amides is 1. The molecule has 174 valence electrons. The second-order valence-corrected chi connectivity index (χ2v) is 11.2. The first-order chi connectivity index (χ1) is 14.7. The Morgan fingerprint density at radius 3 is 2.58 bits per heavy atom. The Morgan fingerprint density at radius 2 is 2.00 bits per heavy atom. The van der Waals surface area contributed by atoms with Crippen LogP contribution in [0.1, 0.15) is 52.9 Å². The van der Waals surface area contributed by atoms with Gasteiger partial charge in [0.25, 0.3) is 0 Å². The zero-order valence-electron chi connectivity index (χ0n) is 19.6. The molecule has 0 aromatic heterocycles. The van der Waals surface area contributed by atoms with Crippen LogP contribution < -0.4 is 5.32 Å². The third kappa shape index (κ3) is 3.81. The summed E-state index contributed by atoms with van der Waals surface area (Å²) in [6, 6.07) is 0.234. The number of hydrogen-bond acceptors (Lipinski definition) is 6. The fourth-order valence-corrected chi connectivity index (χ4v) is 6.85. The van der Waals surface area contributed by atoms with Gasteiger partial charge in [0.1, 0.15) is 23.4 Å². The number of rotatable bonds is 6. The van der Waals surface area contributed by atoms with Crippen LogP contribution in [0.4, 0.5) is 4.79 Å². The molecule has 1 unspecified atom stereocenters. The van der Waals surface area contributed by atoms with Crippen LogP contribution in [-0.4, -0.2) is 80.4 Å². The Kier molecular flexibility index (Phi) is 5.20.